The first-order valence-electron chi connectivity index (χ1n) is 3.84. The summed E-state index contributed by atoms with van der Waals surface area (Å²) in [5.74, 6) is -1.23. The van der Waals surface area contributed by atoms with Crippen LogP contribution in [-0.4, -0.2) is 43.9 Å². The Kier molecular flexibility index (Phi) is 4.75. The Hall–Kier alpha value is -0.920. The van der Waals surface area contributed by atoms with Crippen LogP contribution in [0.5, 0.6) is 0 Å². The van der Waals surface area contributed by atoms with E-state index in [1.54, 1.807) is 0 Å². The van der Waals surface area contributed by atoms with E-state index in [4.69, 9.17) is 5.11 Å². The van der Waals surface area contributed by atoms with Gasteiger partial charge in [0.25, 0.3) is 10.2 Å². The van der Waals surface area contributed by atoms with Gasteiger partial charge in [-0.2, -0.15) is 17.4 Å². The van der Waals surface area contributed by atoms with Crippen LogP contribution >= 0.6 is 0 Å². The lowest BCUT2D eigenvalue weighted by Gasteiger charge is -2.16. The standard InChI is InChI=1S/C7H14N2O4S/c1-4-5-6(7(10)11)8-14(12,13)9(2)3/h4,6,8H,1,5H2,2-3H3,(H,10,11). The summed E-state index contributed by atoms with van der Waals surface area (Å²) in [6.07, 6.45) is 1.39. The quantitative estimate of drug-likeness (QED) is 0.588. The molecule has 0 aliphatic rings. The van der Waals surface area contributed by atoms with E-state index in [0.717, 1.165) is 4.31 Å². The third-order valence-electron chi connectivity index (χ3n) is 1.47. The molecular formula is C7H14N2O4S. The number of nitrogens with zero attached hydrogens (tertiary/aromatic N) is 1. The van der Waals surface area contributed by atoms with Crippen molar-refractivity contribution in [3.05, 3.63) is 12.7 Å². The maximum Gasteiger partial charge on any atom is 0.322 e. The molecule has 1 atom stereocenters. The number of rotatable bonds is 6. The smallest absolute Gasteiger partial charge is 0.322 e. The second kappa shape index (κ2) is 5.08. The van der Waals surface area contributed by atoms with Gasteiger partial charge in [0.1, 0.15) is 6.04 Å². The number of nitrogens with one attached hydrogen (secondary N) is 1. The fraction of sp³-hybridized carbons (Fsp3) is 0.571. The Balaban J connectivity index is 4.60. The van der Waals surface area contributed by atoms with Gasteiger partial charge in [-0.3, -0.25) is 4.79 Å². The van der Waals surface area contributed by atoms with Gasteiger partial charge in [0.05, 0.1) is 0 Å². The topological polar surface area (TPSA) is 86.7 Å². The Labute approximate surface area is 83.4 Å². The van der Waals surface area contributed by atoms with Crippen molar-refractivity contribution in [2.24, 2.45) is 0 Å². The molecule has 0 aromatic carbocycles. The highest BCUT2D eigenvalue weighted by molar-refractivity contribution is 7.87. The van der Waals surface area contributed by atoms with Crippen molar-refractivity contribution < 1.29 is 18.3 Å². The molecule has 0 radical (unpaired) electrons. The van der Waals surface area contributed by atoms with Gasteiger partial charge in [-0.1, -0.05) is 6.08 Å². The van der Waals surface area contributed by atoms with Crippen LogP contribution in [0.4, 0.5) is 0 Å². The molecule has 0 aromatic heterocycles. The van der Waals surface area contributed by atoms with Gasteiger partial charge < -0.3 is 5.11 Å². The second-order valence-electron chi connectivity index (χ2n) is 2.82. The minimum atomic E-state index is -3.71. The average molecular weight is 222 g/mol. The first-order chi connectivity index (χ1) is 6.31. The monoisotopic (exact) mass is 222 g/mol. The first kappa shape index (κ1) is 13.1. The highest BCUT2D eigenvalue weighted by Gasteiger charge is 2.23. The Bertz CT molecular complexity index is 310. The summed E-state index contributed by atoms with van der Waals surface area (Å²) in [7, 11) is -1.08. The van der Waals surface area contributed by atoms with E-state index in [9.17, 15) is 13.2 Å². The van der Waals surface area contributed by atoms with E-state index in [-0.39, 0.29) is 6.42 Å². The van der Waals surface area contributed by atoms with Crippen molar-refractivity contribution in [2.75, 3.05) is 14.1 Å². The van der Waals surface area contributed by atoms with Crippen molar-refractivity contribution in [1.29, 1.82) is 0 Å². The van der Waals surface area contributed by atoms with Gasteiger partial charge >= 0.3 is 5.97 Å². The third-order valence-corrected chi connectivity index (χ3v) is 3.02. The van der Waals surface area contributed by atoms with Gasteiger partial charge in [-0.05, 0) is 6.42 Å². The molecule has 0 amide bonds. The van der Waals surface area contributed by atoms with Gasteiger partial charge in [0.15, 0.2) is 0 Å². The van der Waals surface area contributed by atoms with Crippen LogP contribution < -0.4 is 4.72 Å². The molecule has 0 aliphatic heterocycles. The maximum absolute atomic E-state index is 11.2. The number of aliphatic carboxylic acids is 1. The van der Waals surface area contributed by atoms with Crippen molar-refractivity contribution in [3.63, 3.8) is 0 Å². The van der Waals surface area contributed by atoms with Crippen LogP contribution in [-0.2, 0) is 15.0 Å². The van der Waals surface area contributed by atoms with Crippen LogP contribution in [0.2, 0.25) is 0 Å². The van der Waals surface area contributed by atoms with E-state index in [1.807, 2.05) is 4.72 Å². The minimum absolute atomic E-state index is 0.0441. The Morgan fingerprint density at radius 1 is 1.64 bits per heavy atom. The fourth-order valence-corrected chi connectivity index (χ4v) is 1.42. The Morgan fingerprint density at radius 3 is 2.43 bits per heavy atom. The third kappa shape index (κ3) is 3.86. The lowest BCUT2D eigenvalue weighted by Crippen LogP contribution is -2.45. The number of hydrogen-bond acceptors (Lipinski definition) is 3. The number of carboxylic acid groups (broad SMARTS) is 1. The van der Waals surface area contributed by atoms with Crippen molar-refractivity contribution in [2.45, 2.75) is 12.5 Å². The first-order valence-corrected chi connectivity index (χ1v) is 5.28. The van der Waals surface area contributed by atoms with E-state index < -0.39 is 22.2 Å². The molecule has 0 rings (SSSR count). The molecule has 0 saturated carbocycles. The van der Waals surface area contributed by atoms with Crippen molar-refractivity contribution in [1.82, 2.24) is 9.03 Å². The predicted octanol–water partition coefficient (Wildman–Crippen LogP) is -0.588. The van der Waals surface area contributed by atoms with Crippen LogP contribution in [0.15, 0.2) is 12.7 Å². The predicted molar refractivity (Wildman–Crippen MR) is 52.0 cm³/mol. The summed E-state index contributed by atoms with van der Waals surface area (Å²) in [6.45, 7) is 3.35. The minimum Gasteiger partial charge on any atom is -0.480 e. The number of carboxylic acids is 1. The summed E-state index contributed by atoms with van der Waals surface area (Å²) >= 11 is 0. The number of carbonyl (C=O) groups is 1. The summed E-state index contributed by atoms with van der Waals surface area (Å²) in [4.78, 5) is 10.6. The zero-order valence-electron chi connectivity index (χ0n) is 8.10. The molecule has 0 bridgehead atoms. The van der Waals surface area contributed by atoms with Gasteiger partial charge in [-0.25, -0.2) is 0 Å². The molecule has 7 heteroatoms. The van der Waals surface area contributed by atoms with Crippen molar-refractivity contribution in [3.8, 4) is 0 Å². The van der Waals surface area contributed by atoms with Gasteiger partial charge in [0.2, 0.25) is 0 Å². The molecule has 0 heterocycles. The van der Waals surface area contributed by atoms with E-state index in [2.05, 4.69) is 6.58 Å². The molecule has 0 aromatic rings. The maximum atomic E-state index is 11.2. The summed E-state index contributed by atoms with van der Waals surface area (Å²) in [5.41, 5.74) is 0. The molecule has 14 heavy (non-hydrogen) atoms. The average Bonchev–Trinajstić information content (AvgIpc) is 2.02. The summed E-state index contributed by atoms with van der Waals surface area (Å²) < 4.78 is 25.4. The highest BCUT2D eigenvalue weighted by Crippen LogP contribution is 1.98. The fourth-order valence-electron chi connectivity index (χ4n) is 0.651. The molecule has 0 saturated heterocycles. The van der Waals surface area contributed by atoms with Crippen LogP contribution in [0.3, 0.4) is 0 Å². The van der Waals surface area contributed by atoms with E-state index in [1.165, 1.54) is 20.2 Å². The van der Waals surface area contributed by atoms with Gasteiger partial charge in [0, 0.05) is 14.1 Å². The van der Waals surface area contributed by atoms with E-state index in [0.29, 0.717) is 0 Å². The molecule has 0 fully saturated rings. The molecule has 0 spiro atoms. The van der Waals surface area contributed by atoms with Crippen LogP contribution in [0.25, 0.3) is 0 Å². The van der Waals surface area contributed by atoms with Crippen LogP contribution in [0.1, 0.15) is 6.42 Å². The lowest BCUT2D eigenvalue weighted by molar-refractivity contribution is -0.138. The van der Waals surface area contributed by atoms with Crippen molar-refractivity contribution >= 4 is 16.2 Å². The largest absolute Gasteiger partial charge is 0.480 e. The number of hydrogen-bond donors (Lipinski definition) is 2. The molecule has 1 unspecified atom stereocenters. The van der Waals surface area contributed by atoms with Gasteiger partial charge in [-0.15, -0.1) is 6.58 Å². The molecule has 0 aliphatic carbocycles. The molecular weight excluding hydrogens is 208 g/mol. The zero-order chi connectivity index (χ0) is 11.4. The highest BCUT2D eigenvalue weighted by atomic mass is 32.2. The normalized spacial score (nSPS) is 13.9. The SMILES string of the molecule is C=CCC(NS(=O)(=O)N(C)C)C(=O)O. The Morgan fingerprint density at radius 2 is 2.14 bits per heavy atom. The molecule has 6 nitrogen and oxygen atoms in total. The second-order valence-corrected chi connectivity index (χ2v) is 4.74. The van der Waals surface area contributed by atoms with E-state index >= 15 is 0 Å². The molecule has 82 valence electrons. The molecule has 2 N–H and O–H groups in total. The summed E-state index contributed by atoms with van der Waals surface area (Å²) in [6, 6.07) is -1.17. The zero-order valence-corrected chi connectivity index (χ0v) is 8.91. The lowest BCUT2D eigenvalue weighted by atomic mass is 10.2. The van der Waals surface area contributed by atoms with Crippen LogP contribution in [0, 0.1) is 0 Å². The summed E-state index contributed by atoms with van der Waals surface area (Å²) in [5, 5.41) is 8.66.